The van der Waals surface area contributed by atoms with E-state index < -0.39 is 0 Å². The Hall–Kier alpha value is -1.32. The Morgan fingerprint density at radius 2 is 2.03 bits per heavy atom. The number of para-hydroxylation sites is 1. The molecule has 1 aliphatic rings. The van der Waals surface area contributed by atoms with Crippen molar-refractivity contribution in [2.75, 3.05) is 39.9 Å². The molecular weight excluding hydrogens is 479 g/mol. The Labute approximate surface area is 193 Å². The Balaban J connectivity index is 0.00000420. The number of benzene rings is 1. The first-order chi connectivity index (χ1) is 13.6. The van der Waals surface area contributed by atoms with Gasteiger partial charge in [-0.15, -0.1) is 24.0 Å². The molecule has 1 aromatic carbocycles. The van der Waals surface area contributed by atoms with Gasteiger partial charge in [0, 0.05) is 44.8 Å². The zero-order chi connectivity index (χ0) is 20.2. The second-order valence-corrected chi connectivity index (χ2v) is 7.31. The molecule has 7 heteroatoms. The summed E-state index contributed by atoms with van der Waals surface area (Å²) in [6.45, 7) is 13.0. The van der Waals surface area contributed by atoms with E-state index in [1.54, 1.807) is 6.08 Å². The van der Waals surface area contributed by atoms with E-state index in [0.717, 1.165) is 56.4 Å². The van der Waals surface area contributed by atoms with Gasteiger partial charge in [0.15, 0.2) is 5.96 Å². The van der Waals surface area contributed by atoms with Crippen LogP contribution in [0.1, 0.15) is 32.3 Å². The summed E-state index contributed by atoms with van der Waals surface area (Å²) in [5, 5.41) is 6.96. The lowest BCUT2D eigenvalue weighted by atomic mass is 10.1. The standard InChI is InChI=1S/C22H36N4O2.HI/c1-5-15-28-21-9-7-6-8-19(21)17-24-22(23-4)25-20-10-12-26(13-11-20)14-16-27-18(2)3;/h5-9,18,20H,1,10-17H2,2-4H3,(H2,23,24,25);1H. The van der Waals surface area contributed by atoms with Crippen LogP contribution >= 0.6 is 24.0 Å². The van der Waals surface area contributed by atoms with Crippen LogP contribution in [0.4, 0.5) is 0 Å². The second kappa shape index (κ2) is 14.6. The number of guanidine groups is 1. The number of ether oxygens (including phenoxy) is 2. The lowest BCUT2D eigenvalue weighted by Crippen LogP contribution is -2.49. The normalized spacial score (nSPS) is 15.7. The molecule has 1 aromatic rings. The summed E-state index contributed by atoms with van der Waals surface area (Å²) in [5.41, 5.74) is 1.10. The smallest absolute Gasteiger partial charge is 0.191 e. The van der Waals surface area contributed by atoms with Crippen LogP contribution in [0.2, 0.25) is 0 Å². The van der Waals surface area contributed by atoms with E-state index in [-0.39, 0.29) is 24.0 Å². The fraction of sp³-hybridized carbons (Fsp3) is 0.591. The SMILES string of the molecule is C=CCOc1ccccc1CNC(=NC)NC1CCN(CCOC(C)C)CC1.I. The molecule has 0 atom stereocenters. The molecule has 0 saturated carbocycles. The van der Waals surface area contributed by atoms with E-state index in [9.17, 15) is 0 Å². The van der Waals surface area contributed by atoms with Gasteiger partial charge in [-0.05, 0) is 32.8 Å². The van der Waals surface area contributed by atoms with Crippen molar-refractivity contribution in [3.8, 4) is 5.75 Å². The van der Waals surface area contributed by atoms with Gasteiger partial charge in [0.1, 0.15) is 12.4 Å². The lowest BCUT2D eigenvalue weighted by molar-refractivity contribution is 0.0532. The molecular formula is C22H37IN4O2. The van der Waals surface area contributed by atoms with Gasteiger partial charge in [0.2, 0.25) is 0 Å². The monoisotopic (exact) mass is 516 g/mol. The Kier molecular flexibility index (Phi) is 13.0. The summed E-state index contributed by atoms with van der Waals surface area (Å²) in [5.74, 6) is 1.71. The molecule has 1 fully saturated rings. The second-order valence-electron chi connectivity index (χ2n) is 7.31. The van der Waals surface area contributed by atoms with Crippen LogP contribution in [0.15, 0.2) is 41.9 Å². The van der Waals surface area contributed by atoms with Gasteiger partial charge in [-0.25, -0.2) is 0 Å². The molecule has 0 aliphatic carbocycles. The quantitative estimate of drug-likeness (QED) is 0.216. The molecule has 164 valence electrons. The Morgan fingerprint density at radius 3 is 2.69 bits per heavy atom. The number of hydrogen-bond acceptors (Lipinski definition) is 4. The first-order valence-corrected chi connectivity index (χ1v) is 10.2. The van der Waals surface area contributed by atoms with E-state index in [2.05, 4.69) is 47.0 Å². The van der Waals surface area contributed by atoms with Crippen LogP contribution in [0.3, 0.4) is 0 Å². The predicted octanol–water partition coefficient (Wildman–Crippen LogP) is 3.42. The van der Waals surface area contributed by atoms with E-state index >= 15 is 0 Å². The average molecular weight is 516 g/mol. The number of aliphatic imine (C=N–C) groups is 1. The summed E-state index contributed by atoms with van der Waals surface area (Å²) < 4.78 is 11.4. The number of nitrogens with one attached hydrogen (secondary N) is 2. The maximum Gasteiger partial charge on any atom is 0.191 e. The average Bonchev–Trinajstić information content (AvgIpc) is 2.71. The highest BCUT2D eigenvalue weighted by Crippen LogP contribution is 2.17. The zero-order valence-corrected chi connectivity index (χ0v) is 20.4. The van der Waals surface area contributed by atoms with Gasteiger partial charge < -0.3 is 25.0 Å². The van der Waals surface area contributed by atoms with Crippen molar-refractivity contribution in [2.45, 2.75) is 45.4 Å². The van der Waals surface area contributed by atoms with Gasteiger partial charge in [-0.1, -0.05) is 30.9 Å². The molecule has 0 radical (unpaired) electrons. The summed E-state index contributed by atoms with van der Waals surface area (Å²) in [7, 11) is 1.81. The molecule has 0 bridgehead atoms. The van der Waals surface area contributed by atoms with Gasteiger partial charge in [-0.3, -0.25) is 4.99 Å². The van der Waals surface area contributed by atoms with Crippen LogP contribution in [-0.2, 0) is 11.3 Å². The summed E-state index contributed by atoms with van der Waals surface area (Å²) in [6, 6.07) is 8.49. The van der Waals surface area contributed by atoms with Crippen LogP contribution in [0.25, 0.3) is 0 Å². The van der Waals surface area contributed by atoms with Crippen molar-refractivity contribution >= 4 is 29.9 Å². The van der Waals surface area contributed by atoms with Crippen LogP contribution in [-0.4, -0.2) is 62.9 Å². The van der Waals surface area contributed by atoms with Crippen molar-refractivity contribution in [3.05, 3.63) is 42.5 Å². The predicted molar refractivity (Wildman–Crippen MR) is 131 cm³/mol. The van der Waals surface area contributed by atoms with E-state index in [4.69, 9.17) is 9.47 Å². The number of hydrogen-bond donors (Lipinski definition) is 2. The van der Waals surface area contributed by atoms with Crippen molar-refractivity contribution in [2.24, 2.45) is 4.99 Å². The number of nitrogens with zero attached hydrogens (tertiary/aromatic N) is 2. The van der Waals surface area contributed by atoms with Crippen LogP contribution in [0.5, 0.6) is 5.75 Å². The molecule has 0 unspecified atom stereocenters. The highest BCUT2D eigenvalue weighted by molar-refractivity contribution is 14.0. The molecule has 1 heterocycles. The first-order valence-electron chi connectivity index (χ1n) is 10.2. The first kappa shape index (κ1) is 25.7. The van der Waals surface area contributed by atoms with Crippen LogP contribution < -0.4 is 15.4 Å². The number of piperidine rings is 1. The number of halogens is 1. The van der Waals surface area contributed by atoms with Gasteiger partial charge >= 0.3 is 0 Å². The minimum atomic E-state index is 0. The third-order valence-corrected chi connectivity index (χ3v) is 4.79. The molecule has 1 aliphatic heterocycles. The van der Waals surface area contributed by atoms with E-state index in [1.807, 2.05) is 25.2 Å². The summed E-state index contributed by atoms with van der Waals surface area (Å²) in [4.78, 5) is 6.86. The number of rotatable bonds is 10. The summed E-state index contributed by atoms with van der Waals surface area (Å²) in [6.07, 6.45) is 4.29. The summed E-state index contributed by atoms with van der Waals surface area (Å²) >= 11 is 0. The molecule has 2 rings (SSSR count). The largest absolute Gasteiger partial charge is 0.489 e. The highest BCUT2D eigenvalue weighted by Gasteiger charge is 2.19. The zero-order valence-electron chi connectivity index (χ0n) is 18.0. The molecule has 0 aromatic heterocycles. The Bertz CT molecular complexity index is 617. The fourth-order valence-electron chi connectivity index (χ4n) is 3.22. The molecule has 29 heavy (non-hydrogen) atoms. The minimum absolute atomic E-state index is 0. The van der Waals surface area contributed by atoms with Gasteiger partial charge in [-0.2, -0.15) is 0 Å². The molecule has 0 spiro atoms. The maximum absolute atomic E-state index is 5.73. The third kappa shape index (κ3) is 9.82. The van der Waals surface area contributed by atoms with Crippen molar-refractivity contribution in [1.82, 2.24) is 15.5 Å². The molecule has 2 N–H and O–H groups in total. The minimum Gasteiger partial charge on any atom is -0.489 e. The van der Waals surface area contributed by atoms with Crippen molar-refractivity contribution < 1.29 is 9.47 Å². The van der Waals surface area contributed by atoms with Gasteiger partial charge in [0.05, 0.1) is 12.7 Å². The maximum atomic E-state index is 5.73. The Morgan fingerprint density at radius 1 is 1.31 bits per heavy atom. The third-order valence-electron chi connectivity index (χ3n) is 4.79. The fourth-order valence-corrected chi connectivity index (χ4v) is 3.22. The van der Waals surface area contributed by atoms with Gasteiger partial charge in [0.25, 0.3) is 0 Å². The lowest BCUT2D eigenvalue weighted by Gasteiger charge is -2.33. The van der Waals surface area contributed by atoms with Crippen molar-refractivity contribution in [3.63, 3.8) is 0 Å². The van der Waals surface area contributed by atoms with Crippen LogP contribution in [0, 0.1) is 0 Å². The topological polar surface area (TPSA) is 58.1 Å². The van der Waals surface area contributed by atoms with E-state index in [1.165, 1.54) is 0 Å². The molecule has 1 saturated heterocycles. The highest BCUT2D eigenvalue weighted by atomic mass is 127. The van der Waals surface area contributed by atoms with E-state index in [0.29, 0.717) is 25.3 Å². The van der Waals surface area contributed by atoms with Crippen molar-refractivity contribution in [1.29, 1.82) is 0 Å². The molecule has 6 nitrogen and oxygen atoms in total. The number of likely N-dealkylation sites (tertiary alicyclic amines) is 1. The molecule has 0 amide bonds.